The van der Waals surface area contributed by atoms with E-state index in [1.165, 1.54) is 0 Å². The highest BCUT2D eigenvalue weighted by atomic mass is 32.2. The summed E-state index contributed by atoms with van der Waals surface area (Å²) in [5.41, 5.74) is 1.02. The van der Waals surface area contributed by atoms with Gasteiger partial charge in [-0.05, 0) is 49.0 Å². The zero-order valence-corrected chi connectivity index (χ0v) is 14.1. The molecule has 6 nitrogen and oxygen atoms in total. The molecule has 126 valence electrons. The molecule has 2 bridgehead atoms. The van der Waals surface area contributed by atoms with Crippen LogP contribution in [0.5, 0.6) is 0 Å². The van der Waals surface area contributed by atoms with Crippen LogP contribution in [0.15, 0.2) is 12.4 Å². The Morgan fingerprint density at radius 3 is 2.57 bits per heavy atom. The Balaban J connectivity index is 1.41. The number of amides is 1. The van der Waals surface area contributed by atoms with Gasteiger partial charge in [0.15, 0.2) is 0 Å². The summed E-state index contributed by atoms with van der Waals surface area (Å²) in [4.78, 5) is 12.3. The molecule has 23 heavy (non-hydrogen) atoms. The topological polar surface area (TPSA) is 81.1 Å². The summed E-state index contributed by atoms with van der Waals surface area (Å²) in [5, 5.41) is 3.75. The first-order chi connectivity index (χ1) is 10.9. The van der Waals surface area contributed by atoms with E-state index >= 15 is 0 Å². The van der Waals surface area contributed by atoms with Crippen molar-refractivity contribution in [2.75, 3.05) is 0 Å². The van der Waals surface area contributed by atoms with E-state index in [2.05, 4.69) is 9.82 Å². The quantitative estimate of drug-likeness (QED) is 0.904. The van der Waals surface area contributed by atoms with Crippen molar-refractivity contribution in [1.29, 1.82) is 0 Å². The van der Waals surface area contributed by atoms with E-state index in [-0.39, 0.29) is 28.9 Å². The Kier molecular flexibility index (Phi) is 3.51. The van der Waals surface area contributed by atoms with E-state index in [9.17, 15) is 13.2 Å². The maximum absolute atomic E-state index is 12.6. The molecule has 3 atom stereocenters. The number of hydrogen-bond acceptors (Lipinski definition) is 4. The summed E-state index contributed by atoms with van der Waals surface area (Å²) >= 11 is 0. The van der Waals surface area contributed by atoms with Gasteiger partial charge in [-0.15, -0.1) is 0 Å². The SMILES string of the molecule is Cn1cc([C@@H]2C[C@H]2C(=O)NS(=O)(=O)C2CC3CCC2CC3)cn1. The number of carbonyl (C=O) groups is 1. The van der Waals surface area contributed by atoms with Gasteiger partial charge in [0.25, 0.3) is 0 Å². The van der Waals surface area contributed by atoms with Gasteiger partial charge in [0.1, 0.15) is 0 Å². The summed E-state index contributed by atoms with van der Waals surface area (Å²) in [6.45, 7) is 0. The number of rotatable bonds is 4. The van der Waals surface area contributed by atoms with Crippen LogP contribution in [-0.2, 0) is 21.9 Å². The molecule has 0 aliphatic heterocycles. The van der Waals surface area contributed by atoms with Gasteiger partial charge in [0, 0.05) is 19.2 Å². The minimum atomic E-state index is -3.54. The molecule has 0 aromatic carbocycles. The summed E-state index contributed by atoms with van der Waals surface area (Å²) in [7, 11) is -1.70. The molecule has 5 rings (SSSR count). The first-order valence-corrected chi connectivity index (χ1v) is 10.0. The summed E-state index contributed by atoms with van der Waals surface area (Å²) in [6.07, 6.45) is 9.37. The predicted molar refractivity (Wildman–Crippen MR) is 85.0 cm³/mol. The Morgan fingerprint density at radius 1 is 1.26 bits per heavy atom. The molecule has 4 fully saturated rings. The second-order valence-corrected chi connectivity index (χ2v) is 9.36. The Morgan fingerprint density at radius 2 is 2.00 bits per heavy atom. The maximum atomic E-state index is 12.6. The highest BCUT2D eigenvalue weighted by Gasteiger charge is 2.48. The van der Waals surface area contributed by atoms with E-state index in [4.69, 9.17) is 0 Å². The lowest BCUT2D eigenvalue weighted by atomic mass is 9.70. The third-order valence-corrected chi connectivity index (χ3v) is 7.76. The number of sulfonamides is 1. The van der Waals surface area contributed by atoms with Gasteiger partial charge < -0.3 is 0 Å². The van der Waals surface area contributed by atoms with Crippen LogP contribution in [0.25, 0.3) is 0 Å². The van der Waals surface area contributed by atoms with Crippen molar-refractivity contribution in [2.24, 2.45) is 24.8 Å². The van der Waals surface area contributed by atoms with Gasteiger partial charge in [0.2, 0.25) is 15.9 Å². The van der Waals surface area contributed by atoms with Crippen LogP contribution in [0.3, 0.4) is 0 Å². The van der Waals surface area contributed by atoms with E-state index in [0.717, 1.165) is 37.7 Å². The van der Waals surface area contributed by atoms with E-state index in [1.807, 2.05) is 13.2 Å². The zero-order valence-electron chi connectivity index (χ0n) is 13.3. The van der Waals surface area contributed by atoms with Crippen molar-refractivity contribution < 1.29 is 13.2 Å². The Hall–Kier alpha value is -1.37. The maximum Gasteiger partial charge on any atom is 0.238 e. The van der Waals surface area contributed by atoms with Gasteiger partial charge in [0.05, 0.1) is 11.4 Å². The third kappa shape index (κ3) is 2.79. The van der Waals surface area contributed by atoms with Crippen LogP contribution in [0.2, 0.25) is 0 Å². The van der Waals surface area contributed by atoms with Gasteiger partial charge in [-0.1, -0.05) is 12.8 Å². The molecule has 1 amide bonds. The molecule has 1 unspecified atom stereocenters. The third-order valence-electron chi connectivity index (χ3n) is 5.90. The molecule has 4 aliphatic rings. The van der Waals surface area contributed by atoms with Crippen LogP contribution in [-0.4, -0.2) is 29.4 Å². The van der Waals surface area contributed by atoms with Crippen molar-refractivity contribution in [2.45, 2.75) is 49.7 Å². The standard InChI is InChI=1S/C16H23N3O3S/c1-19-9-12(8-17-19)13-7-14(13)16(20)18-23(21,22)15-6-10-2-4-11(15)5-3-10/h8-11,13-15H,2-7H2,1H3,(H,18,20)/t10?,11?,13-,14+,15?/m0/s1. The fourth-order valence-corrected chi connectivity index (χ4v) is 6.36. The highest BCUT2D eigenvalue weighted by Crippen LogP contribution is 2.48. The molecule has 7 heteroatoms. The lowest BCUT2D eigenvalue weighted by Crippen LogP contribution is -2.47. The van der Waals surface area contributed by atoms with Crippen LogP contribution in [0.1, 0.15) is 50.0 Å². The summed E-state index contributed by atoms with van der Waals surface area (Å²) < 4.78 is 29.3. The molecule has 1 aromatic heterocycles. The second kappa shape index (κ2) is 5.33. The number of carbonyl (C=O) groups excluding carboxylic acids is 1. The van der Waals surface area contributed by atoms with Crippen molar-refractivity contribution in [3.63, 3.8) is 0 Å². The van der Waals surface area contributed by atoms with Crippen LogP contribution in [0.4, 0.5) is 0 Å². The minimum absolute atomic E-state index is 0.113. The van der Waals surface area contributed by atoms with Crippen LogP contribution in [0, 0.1) is 17.8 Å². The van der Waals surface area contributed by atoms with E-state index in [0.29, 0.717) is 12.3 Å². The number of hydrogen-bond donors (Lipinski definition) is 1. The zero-order chi connectivity index (χ0) is 16.2. The molecular formula is C16H23N3O3S. The van der Waals surface area contributed by atoms with Gasteiger partial charge in [-0.25, -0.2) is 8.42 Å². The minimum Gasteiger partial charge on any atom is -0.276 e. The molecule has 0 spiro atoms. The number of nitrogens with one attached hydrogen (secondary N) is 1. The van der Waals surface area contributed by atoms with Crippen molar-refractivity contribution >= 4 is 15.9 Å². The molecule has 4 saturated carbocycles. The molecule has 0 radical (unpaired) electrons. The predicted octanol–water partition coefficient (Wildman–Crippen LogP) is 1.55. The molecule has 4 aliphatic carbocycles. The van der Waals surface area contributed by atoms with Crippen molar-refractivity contribution in [3.05, 3.63) is 18.0 Å². The van der Waals surface area contributed by atoms with E-state index < -0.39 is 10.0 Å². The van der Waals surface area contributed by atoms with Gasteiger partial charge >= 0.3 is 0 Å². The molecule has 1 aromatic rings. The highest BCUT2D eigenvalue weighted by molar-refractivity contribution is 7.90. The smallest absolute Gasteiger partial charge is 0.238 e. The monoisotopic (exact) mass is 337 g/mol. The fraction of sp³-hybridized carbons (Fsp3) is 0.750. The Bertz CT molecular complexity index is 719. The molecule has 0 saturated heterocycles. The normalized spacial score (nSPS) is 36.0. The lowest BCUT2D eigenvalue weighted by molar-refractivity contribution is -0.120. The van der Waals surface area contributed by atoms with Gasteiger partial charge in [-0.2, -0.15) is 5.10 Å². The largest absolute Gasteiger partial charge is 0.276 e. The average molecular weight is 337 g/mol. The summed E-state index contributed by atoms with van der Waals surface area (Å²) in [6, 6.07) is 0. The molecular weight excluding hydrogens is 314 g/mol. The first-order valence-electron chi connectivity index (χ1n) is 8.48. The van der Waals surface area contributed by atoms with Crippen molar-refractivity contribution in [3.8, 4) is 0 Å². The van der Waals surface area contributed by atoms with Crippen LogP contribution < -0.4 is 4.72 Å². The Labute approximate surface area is 136 Å². The molecule has 1 heterocycles. The first kappa shape index (κ1) is 15.2. The second-order valence-electron chi connectivity index (χ2n) is 7.46. The fourth-order valence-electron chi connectivity index (χ4n) is 4.47. The number of nitrogens with zero attached hydrogens (tertiary/aromatic N) is 2. The lowest BCUT2D eigenvalue weighted by Gasteiger charge is -2.41. The van der Waals surface area contributed by atoms with Gasteiger partial charge in [-0.3, -0.25) is 14.2 Å². The average Bonchev–Trinajstić information content (AvgIpc) is 3.23. The van der Waals surface area contributed by atoms with E-state index in [1.54, 1.807) is 10.9 Å². The number of aryl methyl sites for hydroxylation is 1. The van der Waals surface area contributed by atoms with Crippen molar-refractivity contribution in [1.82, 2.24) is 14.5 Å². The van der Waals surface area contributed by atoms with Crippen LogP contribution >= 0.6 is 0 Å². The molecule has 1 N–H and O–H groups in total. The number of aromatic nitrogens is 2. The number of fused-ring (bicyclic) bond motifs is 3. The summed E-state index contributed by atoms with van der Waals surface area (Å²) in [5.74, 6) is 0.316.